The van der Waals surface area contributed by atoms with Crippen molar-refractivity contribution in [1.29, 1.82) is 0 Å². The second-order valence-electron chi connectivity index (χ2n) is 4.00. The molecule has 0 fully saturated rings. The maximum Gasteiger partial charge on any atom is 0.219 e. The third-order valence-corrected chi connectivity index (χ3v) is 3.26. The first-order valence-corrected chi connectivity index (χ1v) is 6.55. The Balaban J connectivity index is 2.08. The van der Waals surface area contributed by atoms with Crippen molar-refractivity contribution in [3.63, 3.8) is 0 Å². The van der Waals surface area contributed by atoms with Gasteiger partial charge >= 0.3 is 0 Å². The van der Waals surface area contributed by atoms with Crippen LogP contribution < -0.4 is 10.1 Å². The van der Waals surface area contributed by atoms with Crippen LogP contribution in [-0.4, -0.2) is 12.0 Å². The van der Waals surface area contributed by atoms with E-state index in [0.717, 1.165) is 15.8 Å². The summed E-state index contributed by atoms with van der Waals surface area (Å²) in [5, 5.41) is 3.17. The molecule has 0 amide bonds. The lowest BCUT2D eigenvalue weighted by molar-refractivity contribution is 0.461. The van der Waals surface area contributed by atoms with Crippen LogP contribution >= 0.6 is 15.9 Å². The van der Waals surface area contributed by atoms with Gasteiger partial charge in [-0.3, -0.25) is 0 Å². The average Bonchev–Trinajstić information content (AvgIpc) is 2.41. The summed E-state index contributed by atoms with van der Waals surface area (Å²) in [6.45, 7) is 2.09. The summed E-state index contributed by atoms with van der Waals surface area (Å²) >= 11 is 3.39. The van der Waals surface area contributed by atoms with Crippen LogP contribution in [-0.2, 0) is 0 Å². The van der Waals surface area contributed by atoms with Gasteiger partial charge in [-0.1, -0.05) is 22.0 Å². The number of ether oxygens (including phenoxy) is 1. The quantitative estimate of drug-likeness (QED) is 0.929. The molecule has 94 valence electrons. The maximum absolute atomic E-state index is 5.65. The van der Waals surface area contributed by atoms with E-state index in [1.54, 1.807) is 0 Å². The van der Waals surface area contributed by atoms with Gasteiger partial charge in [-0.2, -0.15) is 0 Å². The predicted octanol–water partition coefficient (Wildman–Crippen LogP) is 3.92. The molecule has 1 N–H and O–H groups in total. The zero-order chi connectivity index (χ0) is 13.0. The van der Waals surface area contributed by atoms with Gasteiger partial charge < -0.3 is 10.1 Å². The molecule has 2 aromatic rings. The molecular formula is C14H15BrN2O. The third-order valence-electron chi connectivity index (χ3n) is 2.73. The van der Waals surface area contributed by atoms with Gasteiger partial charge in [-0.15, -0.1) is 0 Å². The summed E-state index contributed by atoms with van der Waals surface area (Å²) in [6.07, 6.45) is 1.83. The predicted molar refractivity (Wildman–Crippen MR) is 75.9 cm³/mol. The minimum absolute atomic E-state index is 0.291. The van der Waals surface area contributed by atoms with E-state index in [4.69, 9.17) is 4.74 Å². The Morgan fingerprint density at radius 1 is 1.17 bits per heavy atom. The van der Waals surface area contributed by atoms with Gasteiger partial charge in [0.15, 0.2) is 0 Å². The summed E-state index contributed by atoms with van der Waals surface area (Å²) in [7, 11) is 1.93. The van der Waals surface area contributed by atoms with Gasteiger partial charge in [-0.05, 0) is 43.8 Å². The molecular weight excluding hydrogens is 292 g/mol. The number of hydrogen-bond donors (Lipinski definition) is 1. The van der Waals surface area contributed by atoms with Crippen molar-refractivity contribution in [2.24, 2.45) is 0 Å². The fraction of sp³-hybridized carbons (Fsp3) is 0.214. The van der Waals surface area contributed by atoms with Crippen LogP contribution in [0.25, 0.3) is 0 Å². The average molecular weight is 307 g/mol. The molecule has 3 nitrogen and oxygen atoms in total. The summed E-state index contributed by atoms with van der Waals surface area (Å²) in [6, 6.07) is 11.9. The van der Waals surface area contributed by atoms with Crippen molar-refractivity contribution in [2.75, 3.05) is 7.05 Å². The molecule has 0 radical (unpaired) electrons. The number of rotatable bonds is 4. The number of nitrogens with one attached hydrogen (secondary N) is 1. The highest BCUT2D eigenvalue weighted by Gasteiger charge is 2.04. The fourth-order valence-electron chi connectivity index (χ4n) is 1.50. The van der Waals surface area contributed by atoms with Crippen LogP contribution in [0.15, 0.2) is 47.1 Å². The van der Waals surface area contributed by atoms with E-state index < -0.39 is 0 Å². The lowest BCUT2D eigenvalue weighted by atomic mass is 10.1. The Morgan fingerprint density at radius 2 is 1.89 bits per heavy atom. The van der Waals surface area contributed by atoms with Crippen molar-refractivity contribution < 1.29 is 4.74 Å². The molecule has 4 heteroatoms. The molecule has 1 unspecified atom stereocenters. The Kier molecular flexibility index (Phi) is 4.33. The smallest absolute Gasteiger partial charge is 0.219 e. The topological polar surface area (TPSA) is 34.1 Å². The van der Waals surface area contributed by atoms with E-state index in [1.807, 2.05) is 49.6 Å². The van der Waals surface area contributed by atoms with Crippen LogP contribution in [0.2, 0.25) is 0 Å². The van der Waals surface area contributed by atoms with Crippen molar-refractivity contribution in [3.8, 4) is 11.6 Å². The lowest BCUT2D eigenvalue weighted by Crippen LogP contribution is -2.12. The van der Waals surface area contributed by atoms with Crippen LogP contribution in [0.1, 0.15) is 18.5 Å². The second-order valence-corrected chi connectivity index (χ2v) is 4.91. The maximum atomic E-state index is 5.65. The third kappa shape index (κ3) is 3.31. The molecule has 18 heavy (non-hydrogen) atoms. The number of nitrogens with zero attached hydrogens (tertiary/aromatic N) is 1. The first kappa shape index (κ1) is 13.1. The van der Waals surface area contributed by atoms with Gasteiger partial charge in [0, 0.05) is 22.8 Å². The molecule has 1 aromatic carbocycles. The van der Waals surface area contributed by atoms with Crippen molar-refractivity contribution >= 4 is 15.9 Å². The Labute approximate surface area is 115 Å². The van der Waals surface area contributed by atoms with Crippen molar-refractivity contribution in [1.82, 2.24) is 10.3 Å². The second kappa shape index (κ2) is 5.98. The highest BCUT2D eigenvalue weighted by molar-refractivity contribution is 9.10. The van der Waals surface area contributed by atoms with Gasteiger partial charge in [0.05, 0.1) is 0 Å². The number of aromatic nitrogens is 1. The van der Waals surface area contributed by atoms with E-state index in [9.17, 15) is 0 Å². The molecule has 1 heterocycles. The summed E-state index contributed by atoms with van der Waals surface area (Å²) in [5.41, 5.74) is 1.14. The number of pyridine rings is 1. The first-order chi connectivity index (χ1) is 8.69. The van der Waals surface area contributed by atoms with Crippen LogP contribution in [0.5, 0.6) is 11.6 Å². The number of hydrogen-bond acceptors (Lipinski definition) is 3. The Bertz CT molecular complexity index is 496. The summed E-state index contributed by atoms with van der Waals surface area (Å²) in [5.74, 6) is 1.38. The molecule has 0 aliphatic rings. The Morgan fingerprint density at radius 3 is 2.44 bits per heavy atom. The van der Waals surface area contributed by atoms with Crippen LogP contribution in [0.4, 0.5) is 0 Å². The van der Waals surface area contributed by atoms with E-state index in [1.165, 1.54) is 0 Å². The summed E-state index contributed by atoms with van der Waals surface area (Å²) in [4.78, 5) is 4.29. The molecule has 1 atom stereocenters. The van der Waals surface area contributed by atoms with E-state index in [0.29, 0.717) is 11.9 Å². The number of halogens is 1. The molecule has 2 rings (SSSR count). The zero-order valence-electron chi connectivity index (χ0n) is 10.4. The standard InChI is InChI=1S/C14H15BrN2O/c1-10(16-2)11-3-8-14(17-9-11)18-13-6-4-12(15)5-7-13/h3-10,16H,1-2H3. The van der Waals surface area contributed by atoms with Crippen molar-refractivity contribution in [3.05, 3.63) is 52.6 Å². The van der Waals surface area contributed by atoms with Gasteiger partial charge in [0.1, 0.15) is 5.75 Å². The normalized spacial score (nSPS) is 12.2. The van der Waals surface area contributed by atoms with Crippen molar-refractivity contribution in [2.45, 2.75) is 13.0 Å². The largest absolute Gasteiger partial charge is 0.439 e. The molecule has 0 aliphatic heterocycles. The highest BCUT2D eigenvalue weighted by Crippen LogP contribution is 2.22. The van der Waals surface area contributed by atoms with E-state index >= 15 is 0 Å². The van der Waals surface area contributed by atoms with Gasteiger partial charge in [-0.25, -0.2) is 4.98 Å². The monoisotopic (exact) mass is 306 g/mol. The van der Waals surface area contributed by atoms with Crippen LogP contribution in [0.3, 0.4) is 0 Å². The first-order valence-electron chi connectivity index (χ1n) is 5.75. The fourth-order valence-corrected chi connectivity index (χ4v) is 1.76. The molecule has 0 saturated heterocycles. The number of benzene rings is 1. The SMILES string of the molecule is CNC(C)c1ccc(Oc2ccc(Br)cc2)nc1. The minimum Gasteiger partial charge on any atom is -0.439 e. The minimum atomic E-state index is 0.291. The summed E-state index contributed by atoms with van der Waals surface area (Å²) < 4.78 is 6.68. The molecule has 0 bridgehead atoms. The molecule has 1 aromatic heterocycles. The van der Waals surface area contributed by atoms with Gasteiger partial charge in [0.25, 0.3) is 0 Å². The molecule has 0 spiro atoms. The molecule has 0 saturated carbocycles. The lowest BCUT2D eigenvalue weighted by Gasteiger charge is -2.10. The molecule has 0 aliphatic carbocycles. The van der Waals surface area contributed by atoms with Gasteiger partial charge in [0.2, 0.25) is 5.88 Å². The van der Waals surface area contributed by atoms with E-state index in [-0.39, 0.29) is 0 Å². The van der Waals surface area contributed by atoms with Crippen LogP contribution in [0, 0.1) is 0 Å². The highest BCUT2D eigenvalue weighted by atomic mass is 79.9. The zero-order valence-corrected chi connectivity index (χ0v) is 11.9. The van der Waals surface area contributed by atoms with E-state index in [2.05, 4.69) is 33.2 Å². The Hall–Kier alpha value is -1.39.